The number of carbonyl (C=O) groups excluding carboxylic acids is 1. The van der Waals surface area contributed by atoms with Gasteiger partial charge in [0.15, 0.2) is 11.5 Å². The Labute approximate surface area is 208 Å². The fourth-order valence-corrected chi connectivity index (χ4v) is 6.43. The van der Waals surface area contributed by atoms with Crippen LogP contribution in [0.1, 0.15) is 40.0 Å². The molecule has 1 aliphatic rings. The van der Waals surface area contributed by atoms with E-state index in [-0.39, 0.29) is 18.1 Å². The molecule has 0 bridgehead atoms. The summed E-state index contributed by atoms with van der Waals surface area (Å²) in [6, 6.07) is 9.23. The number of aromatic nitrogens is 3. The smallest absolute Gasteiger partial charge is 0.296 e. The van der Waals surface area contributed by atoms with Gasteiger partial charge in [0.25, 0.3) is 11.5 Å². The van der Waals surface area contributed by atoms with Crippen molar-refractivity contribution in [2.45, 2.75) is 33.2 Å². The molecule has 1 aliphatic heterocycles. The Morgan fingerprint density at radius 2 is 2.00 bits per heavy atom. The molecule has 0 spiro atoms. The average molecular weight is 514 g/mol. The summed E-state index contributed by atoms with van der Waals surface area (Å²) < 4.78 is 15.8. The number of benzene rings is 1. The van der Waals surface area contributed by atoms with Gasteiger partial charge in [-0.05, 0) is 55.5 Å². The van der Waals surface area contributed by atoms with E-state index in [0.29, 0.717) is 18.0 Å². The van der Waals surface area contributed by atoms with E-state index in [1.807, 2.05) is 32.0 Å². The molecule has 3 aromatic rings. The van der Waals surface area contributed by atoms with Crippen LogP contribution in [-0.2, 0) is 33.5 Å². The molecule has 0 aliphatic carbocycles. The van der Waals surface area contributed by atoms with Crippen molar-refractivity contribution >= 4 is 31.5 Å². The molecule has 35 heavy (non-hydrogen) atoms. The highest BCUT2D eigenvalue weighted by molar-refractivity contribution is 8.33. The molecule has 1 amide bonds. The van der Waals surface area contributed by atoms with Crippen molar-refractivity contribution in [2.75, 3.05) is 16.6 Å². The Hall–Kier alpha value is -3.31. The minimum Gasteiger partial charge on any atom is -0.501 e. The van der Waals surface area contributed by atoms with Crippen molar-refractivity contribution in [2.24, 2.45) is 7.05 Å². The van der Waals surface area contributed by atoms with Crippen molar-refractivity contribution in [3.05, 3.63) is 69.3 Å². The van der Waals surface area contributed by atoms with Crippen LogP contribution in [0.4, 0.5) is 5.69 Å². The lowest BCUT2D eigenvalue weighted by molar-refractivity contribution is 0.0942. The van der Waals surface area contributed by atoms with Gasteiger partial charge in [0.05, 0.1) is 5.69 Å². The van der Waals surface area contributed by atoms with Crippen LogP contribution in [0.3, 0.4) is 0 Å². The number of hydrogen-bond donors (Lipinski definition) is 2. The molecule has 1 atom stereocenters. The molecule has 184 valence electrons. The topological polar surface area (TPSA) is 117 Å². The zero-order valence-electron chi connectivity index (χ0n) is 19.8. The van der Waals surface area contributed by atoms with Gasteiger partial charge in [-0.2, -0.15) is 0 Å². The monoisotopic (exact) mass is 513 g/mol. The predicted molar refractivity (Wildman–Crippen MR) is 138 cm³/mol. The Morgan fingerprint density at radius 3 is 2.71 bits per heavy atom. The number of pyridine rings is 1. The molecule has 0 saturated carbocycles. The van der Waals surface area contributed by atoms with Gasteiger partial charge in [-0.3, -0.25) is 23.4 Å². The Bertz CT molecular complexity index is 1470. The molecule has 1 fully saturated rings. The van der Waals surface area contributed by atoms with E-state index in [2.05, 4.69) is 15.3 Å². The van der Waals surface area contributed by atoms with E-state index in [1.165, 1.54) is 13.2 Å². The summed E-state index contributed by atoms with van der Waals surface area (Å²) in [7, 11) is -1.30. The second kappa shape index (κ2) is 9.74. The lowest BCUT2D eigenvalue weighted by atomic mass is 10.1. The lowest BCUT2D eigenvalue weighted by Gasteiger charge is -2.31. The van der Waals surface area contributed by atoms with Crippen molar-refractivity contribution in [3.63, 3.8) is 0 Å². The lowest BCUT2D eigenvalue weighted by Crippen LogP contribution is -2.38. The summed E-state index contributed by atoms with van der Waals surface area (Å²) in [6.45, 7) is 4.67. The number of amides is 1. The summed E-state index contributed by atoms with van der Waals surface area (Å²) in [4.78, 5) is 34.5. The van der Waals surface area contributed by atoms with Crippen LogP contribution in [0.25, 0.3) is 11.5 Å². The van der Waals surface area contributed by atoms with Crippen LogP contribution in [0.5, 0.6) is 5.75 Å². The van der Waals surface area contributed by atoms with Crippen LogP contribution in [-0.4, -0.2) is 42.1 Å². The molecule has 3 heterocycles. The highest BCUT2D eigenvalue weighted by atomic mass is 32.8. The number of rotatable bonds is 5. The Morgan fingerprint density at radius 1 is 1.23 bits per heavy atom. The number of anilines is 1. The molecule has 1 aromatic carbocycles. The van der Waals surface area contributed by atoms with Crippen molar-refractivity contribution < 1.29 is 14.1 Å². The molecule has 2 N–H and O–H groups in total. The van der Waals surface area contributed by atoms with Gasteiger partial charge in [0.1, 0.15) is 14.4 Å². The van der Waals surface area contributed by atoms with Gasteiger partial charge in [0.2, 0.25) is 5.75 Å². The third-order valence-electron chi connectivity index (χ3n) is 6.12. The average Bonchev–Trinajstić information content (AvgIpc) is 2.83. The summed E-state index contributed by atoms with van der Waals surface area (Å²) in [5.41, 5.74) is 2.65. The first-order chi connectivity index (χ1) is 16.6. The van der Waals surface area contributed by atoms with Gasteiger partial charge in [0, 0.05) is 43.3 Å². The number of aryl methyl sites for hydroxylation is 2. The first kappa shape index (κ1) is 24.8. The SMILES string of the molecule is Cc1ccc(CNC(=O)c2nc(-c3ncccc3N3CCCCS3(=O)=S)n(C)c(=O)c2O)cc1C. The highest BCUT2D eigenvalue weighted by Gasteiger charge is 2.28. The Balaban J connectivity index is 1.73. The van der Waals surface area contributed by atoms with Crippen LogP contribution < -0.4 is 15.2 Å². The molecule has 11 heteroatoms. The molecule has 1 unspecified atom stereocenters. The standard InChI is InChI=1S/C24H27N5O4S2/c1-15-8-9-17(13-16(15)2)14-26-23(31)20-21(30)24(32)28(3)22(27-20)19-18(7-6-10-25-19)29-11-4-5-12-35(29,33)34/h6-10,13,30H,4-5,11-12,14H2,1-3H3,(H,26,31). The molecule has 0 radical (unpaired) electrons. The second-order valence-electron chi connectivity index (χ2n) is 8.56. The van der Waals surface area contributed by atoms with E-state index in [4.69, 9.17) is 11.2 Å². The molecule has 1 saturated heterocycles. The van der Waals surface area contributed by atoms with E-state index < -0.39 is 31.6 Å². The van der Waals surface area contributed by atoms with Crippen LogP contribution >= 0.6 is 0 Å². The van der Waals surface area contributed by atoms with Gasteiger partial charge < -0.3 is 10.4 Å². The highest BCUT2D eigenvalue weighted by Crippen LogP contribution is 2.32. The molecular weight excluding hydrogens is 486 g/mol. The largest absolute Gasteiger partial charge is 0.501 e. The zero-order valence-corrected chi connectivity index (χ0v) is 21.4. The van der Waals surface area contributed by atoms with Crippen molar-refractivity contribution in [3.8, 4) is 17.3 Å². The first-order valence-corrected chi connectivity index (χ1v) is 13.8. The second-order valence-corrected chi connectivity index (χ2v) is 12.1. The maximum absolute atomic E-state index is 13.1. The van der Waals surface area contributed by atoms with E-state index in [9.17, 15) is 18.9 Å². The normalized spacial score (nSPS) is 17.9. The van der Waals surface area contributed by atoms with E-state index in [1.54, 1.807) is 16.4 Å². The van der Waals surface area contributed by atoms with Gasteiger partial charge in [-0.1, -0.05) is 18.2 Å². The maximum Gasteiger partial charge on any atom is 0.296 e. The van der Waals surface area contributed by atoms with E-state index >= 15 is 0 Å². The van der Waals surface area contributed by atoms with Gasteiger partial charge in [-0.15, -0.1) is 0 Å². The van der Waals surface area contributed by atoms with Gasteiger partial charge >= 0.3 is 0 Å². The minimum atomic E-state index is -2.73. The fourth-order valence-electron chi connectivity index (χ4n) is 3.97. The molecular formula is C24H27N5O4S2. The quantitative estimate of drug-likeness (QED) is 0.538. The minimum absolute atomic E-state index is 0.0653. The molecule has 9 nitrogen and oxygen atoms in total. The number of carbonyl (C=O) groups is 1. The van der Waals surface area contributed by atoms with Crippen molar-refractivity contribution in [1.29, 1.82) is 0 Å². The fraction of sp³-hybridized carbons (Fsp3) is 0.333. The first-order valence-electron chi connectivity index (χ1n) is 11.2. The third-order valence-corrected chi connectivity index (χ3v) is 9.02. The molecule has 2 aromatic heterocycles. The molecule has 4 rings (SSSR count). The van der Waals surface area contributed by atoms with E-state index in [0.717, 1.165) is 34.1 Å². The number of nitrogens with zero attached hydrogens (tertiary/aromatic N) is 4. The Kier molecular flexibility index (Phi) is 6.91. The summed E-state index contributed by atoms with van der Waals surface area (Å²) in [5.74, 6) is -1.00. The van der Waals surface area contributed by atoms with Crippen molar-refractivity contribution in [1.82, 2.24) is 19.9 Å². The predicted octanol–water partition coefficient (Wildman–Crippen LogP) is 2.36. The summed E-state index contributed by atoms with van der Waals surface area (Å²) in [6.07, 6.45) is 3.11. The van der Waals surface area contributed by atoms with Crippen LogP contribution in [0.15, 0.2) is 41.3 Å². The van der Waals surface area contributed by atoms with Crippen LogP contribution in [0.2, 0.25) is 0 Å². The zero-order chi connectivity index (χ0) is 25.3. The number of hydrogen-bond acceptors (Lipinski definition) is 7. The summed E-state index contributed by atoms with van der Waals surface area (Å²) in [5, 5.41) is 13.2. The maximum atomic E-state index is 13.1. The third kappa shape index (κ3) is 4.92. The number of nitrogens with one attached hydrogen (secondary N) is 1. The van der Waals surface area contributed by atoms with Gasteiger partial charge in [-0.25, -0.2) is 9.19 Å². The number of aromatic hydroxyl groups is 1. The summed E-state index contributed by atoms with van der Waals surface area (Å²) >= 11 is 5.39. The van der Waals surface area contributed by atoms with Crippen LogP contribution in [0, 0.1) is 13.8 Å².